The Hall–Kier alpha value is -1.37. The molecule has 0 aliphatic carbocycles. The number of aryl methyl sites for hydroxylation is 1. The molecule has 0 atom stereocenters. The number of aromatic amines is 1. The summed E-state index contributed by atoms with van der Waals surface area (Å²) in [6.07, 6.45) is 1.33. The van der Waals surface area contributed by atoms with Gasteiger partial charge in [0.1, 0.15) is 4.90 Å². The monoisotopic (exact) mass is 313 g/mol. The van der Waals surface area contributed by atoms with Crippen LogP contribution in [0.3, 0.4) is 0 Å². The minimum absolute atomic E-state index is 0.200. The van der Waals surface area contributed by atoms with Gasteiger partial charge in [-0.05, 0) is 18.6 Å². The molecule has 0 fully saturated rings. The number of hydrogen-bond donors (Lipinski definition) is 1. The average Bonchev–Trinajstić information content (AvgIpc) is 2.84. The Morgan fingerprint density at radius 2 is 2.05 bits per heavy atom. The molecular weight excluding hydrogens is 298 g/mol. The maximum absolute atomic E-state index is 12.6. The predicted molar refractivity (Wildman–Crippen MR) is 78.0 cm³/mol. The molecule has 0 aliphatic heterocycles. The fourth-order valence-electron chi connectivity index (χ4n) is 1.92. The van der Waals surface area contributed by atoms with Crippen molar-refractivity contribution in [1.29, 1.82) is 0 Å². The number of aromatic nitrogens is 2. The van der Waals surface area contributed by atoms with Crippen LogP contribution in [-0.2, 0) is 16.6 Å². The van der Waals surface area contributed by atoms with Gasteiger partial charge in [-0.15, -0.1) is 0 Å². The number of sulfonamides is 1. The van der Waals surface area contributed by atoms with Crippen LogP contribution in [0.5, 0.6) is 0 Å². The van der Waals surface area contributed by atoms with Gasteiger partial charge in [-0.3, -0.25) is 5.10 Å². The SMILES string of the molecule is CCN(Cc1ccccc1Cl)S(=O)(=O)c1cn[nH]c1C. The first-order valence-electron chi connectivity index (χ1n) is 6.20. The van der Waals surface area contributed by atoms with Crippen LogP contribution >= 0.6 is 11.6 Å². The summed E-state index contributed by atoms with van der Waals surface area (Å²) in [4.78, 5) is 0.200. The zero-order valence-corrected chi connectivity index (χ0v) is 12.9. The van der Waals surface area contributed by atoms with E-state index in [1.54, 1.807) is 19.9 Å². The van der Waals surface area contributed by atoms with E-state index < -0.39 is 10.0 Å². The van der Waals surface area contributed by atoms with Crippen molar-refractivity contribution in [3.8, 4) is 0 Å². The van der Waals surface area contributed by atoms with Crippen molar-refractivity contribution < 1.29 is 8.42 Å². The molecule has 108 valence electrons. The molecule has 0 radical (unpaired) electrons. The molecule has 0 bridgehead atoms. The van der Waals surface area contributed by atoms with Crippen molar-refractivity contribution in [2.75, 3.05) is 6.54 Å². The summed E-state index contributed by atoms with van der Waals surface area (Å²) in [5.41, 5.74) is 1.31. The van der Waals surface area contributed by atoms with Crippen LogP contribution < -0.4 is 0 Å². The number of nitrogens with zero attached hydrogens (tertiary/aromatic N) is 2. The van der Waals surface area contributed by atoms with Gasteiger partial charge in [0.15, 0.2) is 0 Å². The van der Waals surface area contributed by atoms with Gasteiger partial charge in [-0.25, -0.2) is 8.42 Å². The quantitative estimate of drug-likeness (QED) is 0.922. The Kier molecular flexibility index (Phi) is 4.47. The van der Waals surface area contributed by atoms with Gasteiger partial charge in [0.05, 0.1) is 11.9 Å². The van der Waals surface area contributed by atoms with E-state index in [-0.39, 0.29) is 11.4 Å². The van der Waals surface area contributed by atoms with E-state index in [4.69, 9.17) is 11.6 Å². The second-order valence-corrected chi connectivity index (χ2v) is 6.70. The van der Waals surface area contributed by atoms with Crippen LogP contribution in [-0.4, -0.2) is 29.5 Å². The molecule has 1 N–H and O–H groups in total. The Morgan fingerprint density at radius 1 is 1.35 bits per heavy atom. The Morgan fingerprint density at radius 3 is 2.60 bits per heavy atom. The van der Waals surface area contributed by atoms with Gasteiger partial charge in [0.25, 0.3) is 0 Å². The molecule has 0 saturated carbocycles. The lowest BCUT2D eigenvalue weighted by molar-refractivity contribution is 0.423. The van der Waals surface area contributed by atoms with Crippen molar-refractivity contribution in [2.45, 2.75) is 25.3 Å². The van der Waals surface area contributed by atoms with E-state index in [0.717, 1.165) is 5.56 Å². The number of benzene rings is 1. The topological polar surface area (TPSA) is 66.1 Å². The van der Waals surface area contributed by atoms with Crippen LogP contribution in [0.15, 0.2) is 35.4 Å². The minimum Gasteiger partial charge on any atom is -0.281 e. The standard InChI is InChI=1S/C13H16ClN3O2S/c1-3-17(9-11-6-4-5-7-12(11)14)20(18,19)13-8-15-16-10(13)2/h4-8H,3,9H2,1-2H3,(H,15,16). The highest BCUT2D eigenvalue weighted by Crippen LogP contribution is 2.23. The number of rotatable bonds is 5. The molecule has 2 rings (SSSR count). The summed E-state index contributed by atoms with van der Waals surface area (Å²) in [7, 11) is -3.57. The third-order valence-electron chi connectivity index (χ3n) is 3.06. The molecule has 7 heteroatoms. The second-order valence-electron chi connectivity index (χ2n) is 4.38. The number of halogens is 1. The van der Waals surface area contributed by atoms with Crippen molar-refractivity contribution >= 4 is 21.6 Å². The first-order chi connectivity index (χ1) is 9.46. The van der Waals surface area contributed by atoms with Gasteiger partial charge in [-0.2, -0.15) is 9.40 Å². The van der Waals surface area contributed by atoms with Gasteiger partial charge in [-0.1, -0.05) is 36.7 Å². The highest BCUT2D eigenvalue weighted by molar-refractivity contribution is 7.89. The van der Waals surface area contributed by atoms with E-state index >= 15 is 0 Å². The molecule has 1 heterocycles. The third kappa shape index (κ3) is 2.87. The van der Waals surface area contributed by atoms with Crippen LogP contribution in [0.25, 0.3) is 0 Å². The maximum atomic E-state index is 12.6. The zero-order chi connectivity index (χ0) is 14.8. The average molecular weight is 314 g/mol. The summed E-state index contributed by atoms with van der Waals surface area (Å²) in [5.74, 6) is 0. The van der Waals surface area contributed by atoms with E-state index in [1.165, 1.54) is 10.5 Å². The normalized spacial score (nSPS) is 12.0. The van der Waals surface area contributed by atoms with Gasteiger partial charge >= 0.3 is 0 Å². The molecule has 0 spiro atoms. The predicted octanol–water partition coefficient (Wildman–Crippen LogP) is 2.58. The lowest BCUT2D eigenvalue weighted by Crippen LogP contribution is -2.30. The van der Waals surface area contributed by atoms with Gasteiger partial charge in [0, 0.05) is 18.1 Å². The molecule has 1 aromatic heterocycles. The molecule has 0 aliphatic rings. The largest absolute Gasteiger partial charge is 0.281 e. The fourth-order valence-corrected chi connectivity index (χ4v) is 3.66. The number of hydrogen-bond acceptors (Lipinski definition) is 3. The maximum Gasteiger partial charge on any atom is 0.246 e. The highest BCUT2D eigenvalue weighted by atomic mass is 35.5. The molecule has 2 aromatic rings. The summed E-state index contributed by atoms with van der Waals surface area (Å²) in [5, 5.41) is 6.98. The Bertz CT molecular complexity index is 697. The molecule has 0 saturated heterocycles. The highest BCUT2D eigenvalue weighted by Gasteiger charge is 2.26. The molecule has 0 unspecified atom stereocenters. The summed E-state index contributed by atoms with van der Waals surface area (Å²) >= 11 is 6.09. The lowest BCUT2D eigenvalue weighted by atomic mass is 10.2. The Labute approximate surface area is 123 Å². The molecule has 1 aromatic carbocycles. The molecule has 20 heavy (non-hydrogen) atoms. The molecule has 0 amide bonds. The van der Waals surface area contributed by atoms with Crippen LogP contribution in [0.1, 0.15) is 18.2 Å². The van der Waals surface area contributed by atoms with Gasteiger partial charge in [0.2, 0.25) is 10.0 Å². The first kappa shape index (κ1) is 15.0. The van der Waals surface area contributed by atoms with E-state index in [9.17, 15) is 8.42 Å². The second kappa shape index (κ2) is 5.95. The number of nitrogens with one attached hydrogen (secondary N) is 1. The summed E-state index contributed by atoms with van der Waals surface area (Å²) in [6, 6.07) is 7.23. The van der Waals surface area contributed by atoms with E-state index in [2.05, 4.69) is 10.2 Å². The summed E-state index contributed by atoms with van der Waals surface area (Å²) < 4.78 is 26.5. The minimum atomic E-state index is -3.57. The molecular formula is C13H16ClN3O2S. The van der Waals surface area contributed by atoms with Crippen molar-refractivity contribution in [2.24, 2.45) is 0 Å². The van der Waals surface area contributed by atoms with Crippen molar-refractivity contribution in [1.82, 2.24) is 14.5 Å². The van der Waals surface area contributed by atoms with E-state index in [0.29, 0.717) is 17.3 Å². The van der Waals surface area contributed by atoms with Crippen LogP contribution in [0, 0.1) is 6.92 Å². The van der Waals surface area contributed by atoms with Crippen molar-refractivity contribution in [3.63, 3.8) is 0 Å². The first-order valence-corrected chi connectivity index (χ1v) is 8.02. The zero-order valence-electron chi connectivity index (χ0n) is 11.3. The smallest absolute Gasteiger partial charge is 0.246 e. The number of H-pyrrole nitrogens is 1. The fraction of sp³-hybridized carbons (Fsp3) is 0.308. The lowest BCUT2D eigenvalue weighted by Gasteiger charge is -2.20. The van der Waals surface area contributed by atoms with Gasteiger partial charge < -0.3 is 0 Å². The third-order valence-corrected chi connectivity index (χ3v) is 5.46. The van der Waals surface area contributed by atoms with Crippen molar-refractivity contribution in [3.05, 3.63) is 46.7 Å². The van der Waals surface area contributed by atoms with E-state index in [1.807, 2.05) is 18.2 Å². The summed E-state index contributed by atoms with van der Waals surface area (Å²) in [6.45, 7) is 4.08. The Balaban J connectivity index is 2.34. The van der Waals surface area contributed by atoms with Crippen LogP contribution in [0.4, 0.5) is 0 Å². The van der Waals surface area contributed by atoms with Crippen LogP contribution in [0.2, 0.25) is 5.02 Å². The molecule has 5 nitrogen and oxygen atoms in total.